The van der Waals surface area contributed by atoms with Crippen molar-refractivity contribution in [2.24, 2.45) is 7.05 Å². The van der Waals surface area contributed by atoms with Crippen LogP contribution in [0.2, 0.25) is 0 Å². The molecular weight excluding hydrogens is 467 g/mol. The molecule has 0 radical (unpaired) electrons. The molecule has 4 heterocycles. The van der Waals surface area contributed by atoms with Gasteiger partial charge >= 0.3 is 5.69 Å². The smallest absolute Gasteiger partial charge is 0.329 e. The highest BCUT2D eigenvalue weighted by Crippen LogP contribution is 2.30. The summed E-state index contributed by atoms with van der Waals surface area (Å²) >= 11 is 0. The molecule has 1 saturated heterocycles. The molecule has 0 N–H and O–H groups in total. The van der Waals surface area contributed by atoms with Crippen LogP contribution in [0.1, 0.15) is 45.6 Å². The van der Waals surface area contributed by atoms with Gasteiger partial charge in [0.1, 0.15) is 13.7 Å². The second kappa shape index (κ2) is 10.3. The molecular formula is C27H34B2FN5O2. The van der Waals surface area contributed by atoms with Crippen molar-refractivity contribution in [2.75, 3.05) is 26.2 Å². The normalized spacial score (nSPS) is 14.7. The number of likely N-dealkylation sites (tertiary alicyclic amines) is 1. The van der Waals surface area contributed by atoms with Gasteiger partial charge in [0.05, 0.1) is 23.2 Å². The van der Waals surface area contributed by atoms with Gasteiger partial charge in [-0.15, -0.1) is 0 Å². The molecule has 0 unspecified atom stereocenters. The summed E-state index contributed by atoms with van der Waals surface area (Å²) in [4.78, 5) is 24.7. The molecule has 10 heteroatoms. The van der Waals surface area contributed by atoms with E-state index < -0.39 is 0 Å². The molecule has 192 valence electrons. The van der Waals surface area contributed by atoms with Crippen molar-refractivity contribution in [1.29, 1.82) is 0 Å². The topological polar surface area (TPSA) is 65.2 Å². The zero-order valence-electron chi connectivity index (χ0n) is 22.5. The summed E-state index contributed by atoms with van der Waals surface area (Å²) in [6.45, 7) is 7.98. The zero-order chi connectivity index (χ0) is 26.3. The SMILES string of the molecule is Bc1c(F)c(-c2ccc(OCCCN3CCCCC3)nc2)cc2c1nc(B)c1c2n(C(C)C)c(=O)n1C. The molecule has 0 amide bonds. The van der Waals surface area contributed by atoms with Crippen LogP contribution in [0.25, 0.3) is 33.1 Å². The van der Waals surface area contributed by atoms with Crippen LogP contribution in [-0.2, 0) is 7.05 Å². The van der Waals surface area contributed by atoms with Crippen LogP contribution in [0.15, 0.2) is 29.2 Å². The molecule has 4 aromatic rings. The number of rotatable bonds is 7. The number of hydrogen-bond acceptors (Lipinski definition) is 5. The summed E-state index contributed by atoms with van der Waals surface area (Å²) in [5.41, 5.74) is 4.30. The Morgan fingerprint density at radius 2 is 1.89 bits per heavy atom. The summed E-state index contributed by atoms with van der Waals surface area (Å²) in [7, 11) is 5.37. The quantitative estimate of drug-likeness (QED) is 0.284. The fourth-order valence-corrected chi connectivity index (χ4v) is 5.59. The van der Waals surface area contributed by atoms with Crippen LogP contribution in [0, 0.1) is 5.82 Å². The lowest BCUT2D eigenvalue weighted by Crippen LogP contribution is -2.31. The van der Waals surface area contributed by atoms with Gasteiger partial charge in [-0.05, 0) is 63.8 Å². The predicted octanol–water partition coefficient (Wildman–Crippen LogP) is 1.44. The first-order chi connectivity index (χ1) is 17.8. The van der Waals surface area contributed by atoms with Crippen LogP contribution >= 0.6 is 0 Å². The predicted molar refractivity (Wildman–Crippen MR) is 153 cm³/mol. The average Bonchev–Trinajstić information content (AvgIpc) is 3.17. The number of benzene rings is 1. The summed E-state index contributed by atoms with van der Waals surface area (Å²) in [6.07, 6.45) is 6.53. The van der Waals surface area contributed by atoms with E-state index in [2.05, 4.69) is 9.88 Å². The Labute approximate surface area is 218 Å². The van der Waals surface area contributed by atoms with Gasteiger partial charge in [-0.2, -0.15) is 0 Å². The number of aromatic nitrogens is 4. The van der Waals surface area contributed by atoms with Gasteiger partial charge in [0.2, 0.25) is 5.88 Å². The first kappa shape index (κ1) is 25.5. The lowest BCUT2D eigenvalue weighted by atomic mass is 9.87. The van der Waals surface area contributed by atoms with E-state index in [1.165, 1.54) is 32.4 Å². The van der Waals surface area contributed by atoms with Gasteiger partial charge in [0, 0.05) is 54.0 Å². The number of hydrogen-bond donors (Lipinski definition) is 0. The van der Waals surface area contributed by atoms with E-state index >= 15 is 4.39 Å². The fourth-order valence-electron chi connectivity index (χ4n) is 5.59. The highest BCUT2D eigenvalue weighted by atomic mass is 19.1. The molecule has 5 rings (SSSR count). The molecule has 0 bridgehead atoms. The molecule has 3 aromatic heterocycles. The van der Waals surface area contributed by atoms with Crippen molar-refractivity contribution in [3.63, 3.8) is 0 Å². The van der Waals surface area contributed by atoms with Crippen LogP contribution in [0.5, 0.6) is 5.88 Å². The van der Waals surface area contributed by atoms with E-state index in [0.29, 0.717) is 40.2 Å². The largest absolute Gasteiger partial charge is 0.478 e. The van der Waals surface area contributed by atoms with Crippen molar-refractivity contribution in [1.82, 2.24) is 24.0 Å². The Balaban J connectivity index is 1.47. The summed E-state index contributed by atoms with van der Waals surface area (Å²) in [5.74, 6) is 0.210. The average molecular weight is 501 g/mol. The Morgan fingerprint density at radius 3 is 2.57 bits per heavy atom. The van der Waals surface area contributed by atoms with E-state index in [1.807, 2.05) is 27.8 Å². The van der Waals surface area contributed by atoms with Gasteiger partial charge in [0.15, 0.2) is 7.85 Å². The maximum Gasteiger partial charge on any atom is 0.329 e. The van der Waals surface area contributed by atoms with Crippen LogP contribution in [0.4, 0.5) is 4.39 Å². The summed E-state index contributed by atoms with van der Waals surface area (Å²) in [6, 6.07) is 5.39. The lowest BCUT2D eigenvalue weighted by molar-refractivity contribution is 0.203. The second-order valence-electron chi connectivity index (χ2n) is 10.4. The van der Waals surface area contributed by atoms with Gasteiger partial charge in [0.25, 0.3) is 0 Å². The third kappa shape index (κ3) is 4.67. The van der Waals surface area contributed by atoms with Crippen LogP contribution in [0.3, 0.4) is 0 Å². The number of halogens is 1. The van der Waals surface area contributed by atoms with Gasteiger partial charge in [-0.3, -0.25) is 14.1 Å². The van der Waals surface area contributed by atoms with E-state index in [-0.39, 0.29) is 17.5 Å². The number of aryl methyl sites for hydroxylation is 1. The maximum atomic E-state index is 15.6. The summed E-state index contributed by atoms with van der Waals surface area (Å²) < 4.78 is 24.9. The van der Waals surface area contributed by atoms with Crippen molar-refractivity contribution in [3.05, 3.63) is 40.7 Å². The molecule has 0 saturated carbocycles. The van der Waals surface area contributed by atoms with E-state index in [1.54, 1.807) is 42.4 Å². The molecule has 1 aliphatic rings. The standard InChI is InChI=1S/C27H34B2FN5O2/c1-16(2)35-24-19-14-18(22(30)21(28)23(19)32-26(29)25(24)33(3)27(35)36)17-8-9-20(31-15-17)37-13-7-12-34-10-5-4-6-11-34/h8-9,14-16H,4-7,10-13,28-29H2,1-3H3. The minimum Gasteiger partial charge on any atom is -0.478 e. The van der Waals surface area contributed by atoms with Crippen LogP contribution in [-0.4, -0.2) is 65.9 Å². The van der Waals surface area contributed by atoms with Gasteiger partial charge in [-0.1, -0.05) is 6.42 Å². The molecule has 1 aromatic carbocycles. The minimum atomic E-state index is -0.329. The third-order valence-corrected chi connectivity index (χ3v) is 7.52. The van der Waals surface area contributed by atoms with Gasteiger partial charge < -0.3 is 9.64 Å². The first-order valence-electron chi connectivity index (χ1n) is 13.3. The number of imidazole rings is 1. The van der Waals surface area contributed by atoms with Crippen molar-refractivity contribution < 1.29 is 9.13 Å². The Hall–Kier alpha value is -3.13. The Bertz CT molecular complexity index is 1510. The van der Waals surface area contributed by atoms with E-state index in [4.69, 9.17) is 9.72 Å². The maximum absolute atomic E-state index is 15.6. The highest BCUT2D eigenvalue weighted by molar-refractivity contribution is 6.43. The fraction of sp³-hybridized carbons (Fsp3) is 0.444. The van der Waals surface area contributed by atoms with Crippen molar-refractivity contribution in [3.8, 4) is 17.0 Å². The first-order valence-corrected chi connectivity index (χ1v) is 13.3. The number of nitrogens with zero attached hydrogens (tertiary/aromatic N) is 5. The molecule has 0 atom stereocenters. The molecule has 1 fully saturated rings. The van der Waals surface area contributed by atoms with E-state index in [9.17, 15) is 4.79 Å². The van der Waals surface area contributed by atoms with E-state index in [0.717, 1.165) is 29.4 Å². The number of pyridine rings is 2. The summed E-state index contributed by atoms with van der Waals surface area (Å²) in [5, 5.41) is 0.763. The number of ether oxygens (including phenoxy) is 1. The van der Waals surface area contributed by atoms with Gasteiger partial charge in [-0.25, -0.2) is 14.2 Å². The molecule has 7 nitrogen and oxygen atoms in total. The Kier molecular flexibility index (Phi) is 7.12. The minimum absolute atomic E-state index is 0.0528. The van der Waals surface area contributed by atoms with Crippen molar-refractivity contribution >= 4 is 48.7 Å². The third-order valence-electron chi connectivity index (χ3n) is 7.52. The highest BCUT2D eigenvalue weighted by Gasteiger charge is 2.22. The number of fused-ring (bicyclic) bond motifs is 3. The Morgan fingerprint density at radius 1 is 1.14 bits per heavy atom. The molecule has 37 heavy (non-hydrogen) atoms. The molecule has 0 aliphatic carbocycles. The molecule has 0 spiro atoms. The zero-order valence-corrected chi connectivity index (χ0v) is 22.5. The lowest BCUT2D eigenvalue weighted by Gasteiger charge is -2.26. The number of piperidine rings is 1. The second-order valence-corrected chi connectivity index (χ2v) is 10.4. The van der Waals surface area contributed by atoms with Crippen LogP contribution < -0.4 is 21.5 Å². The van der Waals surface area contributed by atoms with Crippen molar-refractivity contribution in [2.45, 2.75) is 45.6 Å². The monoisotopic (exact) mass is 501 g/mol. The molecule has 1 aliphatic heterocycles.